The molecule has 0 unspecified atom stereocenters. The quantitative estimate of drug-likeness (QED) is 0.176. The largest absolute Gasteiger partial charge is 0.204 e. The summed E-state index contributed by atoms with van der Waals surface area (Å²) in [4.78, 5) is 0. The van der Waals surface area contributed by atoms with Crippen LogP contribution in [0, 0.1) is 17.0 Å². The molecule has 3 rings (SSSR count). The van der Waals surface area contributed by atoms with Gasteiger partial charge in [0.15, 0.2) is 11.6 Å². The molecule has 1 aliphatic carbocycles. The lowest BCUT2D eigenvalue weighted by Gasteiger charge is -2.32. The maximum atomic E-state index is 14.3. The van der Waals surface area contributed by atoms with Crippen molar-refractivity contribution in [1.29, 1.82) is 0 Å². The van der Waals surface area contributed by atoms with Gasteiger partial charge in [-0.3, -0.25) is 0 Å². The zero-order chi connectivity index (χ0) is 24.9. The molecule has 2 aromatic rings. The van der Waals surface area contributed by atoms with Crippen molar-refractivity contribution in [1.82, 2.24) is 0 Å². The van der Waals surface area contributed by atoms with Gasteiger partial charge in [0.1, 0.15) is 0 Å². The Balaban J connectivity index is 1.58. The van der Waals surface area contributed by atoms with Gasteiger partial charge in [-0.15, -0.1) is 0 Å². The van der Waals surface area contributed by atoms with Crippen molar-refractivity contribution in [3.8, 4) is 0 Å². The van der Waals surface area contributed by atoms with Crippen LogP contribution in [0.25, 0.3) is 0 Å². The first kappa shape index (κ1) is 27.4. The number of hydrogen-bond acceptors (Lipinski definition) is 0. The monoisotopic (exact) mass is 478 g/mol. The zero-order valence-electron chi connectivity index (χ0n) is 21.9. The molecule has 0 radical (unpaired) electrons. The van der Waals surface area contributed by atoms with Crippen molar-refractivity contribution >= 4 is 0 Å². The van der Waals surface area contributed by atoms with Gasteiger partial charge in [0, 0.05) is 16.9 Å². The second-order valence-corrected chi connectivity index (χ2v) is 10.4. The number of benzene rings is 2. The SMILES string of the molecule is CCCCCCCCc1ccc(CCC2(CCCCC)C=CC(c3cccc(F)c3F)C=C2)cc1. The highest BCUT2D eigenvalue weighted by Crippen LogP contribution is 2.40. The first-order chi connectivity index (χ1) is 17.1. The number of aryl methyl sites for hydroxylation is 2. The van der Waals surface area contributed by atoms with E-state index in [1.54, 1.807) is 12.1 Å². The van der Waals surface area contributed by atoms with E-state index >= 15 is 0 Å². The van der Waals surface area contributed by atoms with Crippen LogP contribution in [0.3, 0.4) is 0 Å². The van der Waals surface area contributed by atoms with Crippen LogP contribution in [0.4, 0.5) is 8.78 Å². The molecular formula is C33H44F2. The van der Waals surface area contributed by atoms with Crippen LogP contribution in [0.1, 0.15) is 107 Å². The summed E-state index contributed by atoms with van der Waals surface area (Å²) >= 11 is 0. The molecule has 0 nitrogen and oxygen atoms in total. The molecule has 0 N–H and O–H groups in total. The van der Waals surface area contributed by atoms with Gasteiger partial charge in [-0.1, -0.05) is 126 Å². The van der Waals surface area contributed by atoms with Crippen molar-refractivity contribution in [3.63, 3.8) is 0 Å². The average molecular weight is 479 g/mol. The second kappa shape index (κ2) is 14.4. The number of halogens is 2. The highest BCUT2D eigenvalue weighted by atomic mass is 19.2. The van der Waals surface area contributed by atoms with Gasteiger partial charge in [0.2, 0.25) is 0 Å². The summed E-state index contributed by atoms with van der Waals surface area (Å²) in [5, 5.41) is 0. The van der Waals surface area contributed by atoms with Gasteiger partial charge >= 0.3 is 0 Å². The molecule has 0 bridgehead atoms. The predicted octanol–water partition coefficient (Wildman–Crippen LogP) is 10.3. The molecule has 35 heavy (non-hydrogen) atoms. The van der Waals surface area contributed by atoms with Crippen molar-refractivity contribution in [2.45, 2.75) is 103 Å². The molecule has 0 heterocycles. The lowest BCUT2D eigenvalue weighted by Crippen LogP contribution is -2.20. The minimum atomic E-state index is -0.774. The van der Waals surface area contributed by atoms with Crippen LogP contribution < -0.4 is 0 Å². The number of hydrogen-bond donors (Lipinski definition) is 0. The Morgan fingerprint density at radius 2 is 1.26 bits per heavy atom. The molecule has 0 aromatic heterocycles. The Labute approximate surface area is 212 Å². The first-order valence-corrected chi connectivity index (χ1v) is 14.0. The fourth-order valence-electron chi connectivity index (χ4n) is 5.22. The molecule has 0 saturated heterocycles. The lowest BCUT2D eigenvalue weighted by molar-refractivity contribution is 0.387. The molecule has 0 amide bonds. The summed E-state index contributed by atoms with van der Waals surface area (Å²) < 4.78 is 28.1. The van der Waals surface area contributed by atoms with E-state index in [0.717, 1.165) is 19.3 Å². The van der Waals surface area contributed by atoms with Crippen LogP contribution in [0.2, 0.25) is 0 Å². The molecular weight excluding hydrogens is 434 g/mol. The first-order valence-electron chi connectivity index (χ1n) is 14.0. The van der Waals surface area contributed by atoms with Crippen molar-refractivity contribution < 1.29 is 8.78 Å². The topological polar surface area (TPSA) is 0 Å². The van der Waals surface area contributed by atoms with Crippen LogP contribution >= 0.6 is 0 Å². The molecule has 0 fully saturated rings. The van der Waals surface area contributed by atoms with Crippen molar-refractivity contribution in [3.05, 3.63) is 95.1 Å². The van der Waals surface area contributed by atoms with E-state index < -0.39 is 11.6 Å². The highest BCUT2D eigenvalue weighted by molar-refractivity contribution is 5.36. The molecule has 0 atom stereocenters. The molecule has 1 aliphatic rings. The van der Waals surface area contributed by atoms with E-state index in [0.29, 0.717) is 5.56 Å². The zero-order valence-corrected chi connectivity index (χ0v) is 21.9. The third-order valence-corrected chi connectivity index (χ3v) is 7.58. The van der Waals surface area contributed by atoms with Gasteiger partial charge in [-0.05, 0) is 49.3 Å². The maximum Gasteiger partial charge on any atom is 0.162 e. The minimum absolute atomic E-state index is 0.00731. The summed E-state index contributed by atoms with van der Waals surface area (Å²) in [6.45, 7) is 4.50. The third-order valence-electron chi connectivity index (χ3n) is 7.58. The summed E-state index contributed by atoms with van der Waals surface area (Å²) in [6.07, 6.45) is 24.6. The number of unbranched alkanes of at least 4 members (excludes halogenated alkanes) is 7. The highest BCUT2D eigenvalue weighted by Gasteiger charge is 2.28. The van der Waals surface area contributed by atoms with E-state index in [2.05, 4.69) is 62.4 Å². The third kappa shape index (κ3) is 8.44. The van der Waals surface area contributed by atoms with Crippen molar-refractivity contribution in [2.24, 2.45) is 5.41 Å². The van der Waals surface area contributed by atoms with Crippen LogP contribution in [-0.4, -0.2) is 0 Å². The molecule has 0 aliphatic heterocycles. The van der Waals surface area contributed by atoms with E-state index in [1.807, 2.05) is 0 Å². The second-order valence-electron chi connectivity index (χ2n) is 10.4. The number of rotatable bonds is 15. The summed E-state index contributed by atoms with van der Waals surface area (Å²) in [6, 6.07) is 13.7. The Bertz CT molecular complexity index is 924. The normalized spacial score (nSPS) is 19.4. The van der Waals surface area contributed by atoms with E-state index in [9.17, 15) is 8.78 Å². The molecule has 190 valence electrons. The fraction of sp³-hybridized carbons (Fsp3) is 0.515. The average Bonchev–Trinajstić information content (AvgIpc) is 2.88. The van der Waals surface area contributed by atoms with Gasteiger partial charge in [-0.2, -0.15) is 0 Å². The maximum absolute atomic E-state index is 14.3. The molecule has 0 spiro atoms. The molecule has 2 heteroatoms. The van der Waals surface area contributed by atoms with E-state index in [-0.39, 0.29) is 11.3 Å². The van der Waals surface area contributed by atoms with Crippen LogP contribution in [0.15, 0.2) is 66.8 Å². The van der Waals surface area contributed by atoms with Gasteiger partial charge in [0.25, 0.3) is 0 Å². The van der Waals surface area contributed by atoms with Gasteiger partial charge in [-0.25, -0.2) is 8.78 Å². The number of allylic oxidation sites excluding steroid dienone is 4. The Morgan fingerprint density at radius 3 is 1.94 bits per heavy atom. The van der Waals surface area contributed by atoms with Crippen LogP contribution in [-0.2, 0) is 12.8 Å². The Kier molecular flexibility index (Phi) is 11.2. The lowest BCUT2D eigenvalue weighted by atomic mass is 9.73. The fourth-order valence-corrected chi connectivity index (χ4v) is 5.22. The Morgan fingerprint density at radius 1 is 0.657 bits per heavy atom. The summed E-state index contributed by atoms with van der Waals surface area (Å²) in [7, 11) is 0. The van der Waals surface area contributed by atoms with Gasteiger partial charge in [0.05, 0.1) is 0 Å². The van der Waals surface area contributed by atoms with E-state index in [1.165, 1.54) is 81.4 Å². The summed E-state index contributed by atoms with van der Waals surface area (Å²) in [5.74, 6) is -1.71. The summed E-state index contributed by atoms with van der Waals surface area (Å²) in [5.41, 5.74) is 3.23. The predicted molar refractivity (Wildman–Crippen MR) is 146 cm³/mol. The molecule has 0 saturated carbocycles. The minimum Gasteiger partial charge on any atom is -0.204 e. The standard InChI is InChI=1S/C33H44F2/c1-3-5-7-8-9-10-13-27-16-18-28(19-17-27)20-24-33(23-11-6-4-2)25-21-29(22-26-33)30-14-12-15-31(34)32(30)35/h12,14-19,21-22,25-26,29H,3-11,13,20,23-24H2,1-2H3. The van der Waals surface area contributed by atoms with Crippen molar-refractivity contribution in [2.75, 3.05) is 0 Å². The molecule has 2 aromatic carbocycles. The van der Waals surface area contributed by atoms with Gasteiger partial charge < -0.3 is 0 Å². The van der Waals surface area contributed by atoms with E-state index in [4.69, 9.17) is 0 Å². The Hall–Kier alpha value is -2.22. The van der Waals surface area contributed by atoms with Crippen LogP contribution in [0.5, 0.6) is 0 Å². The smallest absolute Gasteiger partial charge is 0.162 e.